The summed E-state index contributed by atoms with van der Waals surface area (Å²) < 4.78 is 5.39. The van der Waals surface area contributed by atoms with E-state index in [1.165, 1.54) is 30.2 Å². The fourth-order valence-corrected chi connectivity index (χ4v) is 3.48. The van der Waals surface area contributed by atoms with Gasteiger partial charge in [0.15, 0.2) is 0 Å². The van der Waals surface area contributed by atoms with E-state index >= 15 is 0 Å². The number of benzene rings is 2. The van der Waals surface area contributed by atoms with Crippen LogP contribution in [0.25, 0.3) is 0 Å². The zero-order valence-electron chi connectivity index (χ0n) is 17.0. The normalized spacial score (nSPS) is 14.3. The van der Waals surface area contributed by atoms with Crippen molar-refractivity contribution < 1.29 is 9.53 Å². The first-order valence-corrected chi connectivity index (χ1v) is 10.1. The van der Waals surface area contributed by atoms with Crippen molar-refractivity contribution in [1.29, 1.82) is 5.26 Å². The summed E-state index contributed by atoms with van der Waals surface area (Å²) in [4.78, 5) is 12.4. The molecule has 0 heterocycles. The van der Waals surface area contributed by atoms with Crippen LogP contribution in [0.5, 0.6) is 5.75 Å². The second kappa shape index (κ2) is 9.79. The van der Waals surface area contributed by atoms with Crippen molar-refractivity contribution in [3.63, 3.8) is 0 Å². The van der Waals surface area contributed by atoms with Gasteiger partial charge in [0.05, 0.1) is 6.61 Å². The second-order valence-corrected chi connectivity index (χ2v) is 7.20. The SMILES string of the molecule is CCOc1ccc(NC(=O)/C(C#N)=C\NC(C)c2ccc3c(c2)CCCC3)cc1. The number of aryl methyl sites for hydroxylation is 2. The molecular formula is C24H27N3O2. The van der Waals surface area contributed by atoms with Crippen molar-refractivity contribution in [3.8, 4) is 11.8 Å². The number of hydrogen-bond acceptors (Lipinski definition) is 4. The van der Waals surface area contributed by atoms with E-state index in [1.54, 1.807) is 24.3 Å². The zero-order valence-corrected chi connectivity index (χ0v) is 17.0. The number of nitriles is 1. The zero-order chi connectivity index (χ0) is 20.6. The molecule has 0 saturated heterocycles. The fourth-order valence-electron chi connectivity index (χ4n) is 3.48. The predicted molar refractivity (Wildman–Crippen MR) is 115 cm³/mol. The number of nitrogens with zero attached hydrogens (tertiary/aromatic N) is 1. The van der Waals surface area contributed by atoms with E-state index in [2.05, 4.69) is 28.8 Å². The molecular weight excluding hydrogens is 362 g/mol. The van der Waals surface area contributed by atoms with E-state index in [4.69, 9.17) is 4.74 Å². The summed E-state index contributed by atoms with van der Waals surface area (Å²) in [6, 6.07) is 15.6. The number of fused-ring (bicyclic) bond motifs is 1. The Hall–Kier alpha value is -3.26. The van der Waals surface area contributed by atoms with Gasteiger partial charge >= 0.3 is 0 Å². The lowest BCUT2D eigenvalue weighted by molar-refractivity contribution is -0.112. The Bertz CT molecular complexity index is 926. The molecule has 3 rings (SSSR count). The first kappa shape index (κ1) is 20.5. The van der Waals surface area contributed by atoms with Gasteiger partial charge in [-0.1, -0.05) is 18.2 Å². The van der Waals surface area contributed by atoms with Gasteiger partial charge in [-0.2, -0.15) is 5.26 Å². The summed E-state index contributed by atoms with van der Waals surface area (Å²) >= 11 is 0. The number of carbonyl (C=O) groups excluding carboxylic acids is 1. The molecule has 150 valence electrons. The van der Waals surface area contributed by atoms with Crippen LogP contribution in [0, 0.1) is 11.3 Å². The molecule has 1 unspecified atom stereocenters. The van der Waals surface area contributed by atoms with Gasteiger partial charge in [0.2, 0.25) is 0 Å². The van der Waals surface area contributed by atoms with E-state index in [9.17, 15) is 10.1 Å². The summed E-state index contributed by atoms with van der Waals surface area (Å²) in [5.74, 6) is 0.295. The number of rotatable bonds is 7. The Morgan fingerprint density at radius 2 is 1.90 bits per heavy atom. The summed E-state index contributed by atoms with van der Waals surface area (Å²) in [6.45, 7) is 4.53. The molecule has 0 bridgehead atoms. The van der Waals surface area contributed by atoms with E-state index in [0.29, 0.717) is 12.3 Å². The standard InChI is InChI=1S/C24H27N3O2/c1-3-29-23-12-10-22(11-13-23)27-24(28)21(15-25)16-26-17(2)19-9-8-18-6-4-5-7-20(18)14-19/h8-14,16-17,26H,3-7H2,1-2H3,(H,27,28)/b21-16-. The van der Waals surface area contributed by atoms with Gasteiger partial charge in [-0.25, -0.2) is 0 Å². The summed E-state index contributed by atoms with van der Waals surface area (Å²) in [7, 11) is 0. The largest absolute Gasteiger partial charge is 0.494 e. The average Bonchev–Trinajstić information content (AvgIpc) is 2.75. The third-order valence-electron chi connectivity index (χ3n) is 5.14. The Labute approximate surface area is 172 Å². The van der Waals surface area contributed by atoms with E-state index < -0.39 is 5.91 Å². The van der Waals surface area contributed by atoms with Crippen LogP contribution in [0.4, 0.5) is 5.69 Å². The van der Waals surface area contributed by atoms with Gasteiger partial charge < -0.3 is 15.4 Å². The van der Waals surface area contributed by atoms with Gasteiger partial charge in [-0.15, -0.1) is 0 Å². The molecule has 1 amide bonds. The number of anilines is 1. The summed E-state index contributed by atoms with van der Waals surface area (Å²) in [5.41, 5.74) is 4.66. The first-order chi connectivity index (χ1) is 14.1. The topological polar surface area (TPSA) is 74.1 Å². The number of carbonyl (C=O) groups is 1. The molecule has 0 spiro atoms. The molecule has 0 aromatic heterocycles. The second-order valence-electron chi connectivity index (χ2n) is 7.20. The van der Waals surface area contributed by atoms with E-state index in [1.807, 2.05) is 19.9 Å². The van der Waals surface area contributed by atoms with Crippen molar-refractivity contribution in [2.45, 2.75) is 45.6 Å². The maximum Gasteiger partial charge on any atom is 0.267 e. The fraction of sp³-hybridized carbons (Fsp3) is 0.333. The van der Waals surface area contributed by atoms with Crippen molar-refractivity contribution in [1.82, 2.24) is 5.32 Å². The molecule has 29 heavy (non-hydrogen) atoms. The minimum Gasteiger partial charge on any atom is -0.494 e. The molecule has 5 nitrogen and oxygen atoms in total. The molecule has 0 radical (unpaired) electrons. The third kappa shape index (κ3) is 5.39. The van der Waals surface area contributed by atoms with E-state index in [0.717, 1.165) is 24.2 Å². The van der Waals surface area contributed by atoms with Crippen LogP contribution in [0.15, 0.2) is 54.2 Å². The highest BCUT2D eigenvalue weighted by molar-refractivity contribution is 6.06. The molecule has 2 aromatic rings. The third-order valence-corrected chi connectivity index (χ3v) is 5.14. The maximum absolute atomic E-state index is 12.4. The lowest BCUT2D eigenvalue weighted by Crippen LogP contribution is -2.19. The molecule has 5 heteroatoms. The molecule has 0 fully saturated rings. The Morgan fingerprint density at radius 3 is 2.59 bits per heavy atom. The van der Waals surface area contributed by atoms with Crippen LogP contribution in [0.2, 0.25) is 0 Å². The Balaban J connectivity index is 1.63. The molecule has 1 aliphatic carbocycles. The number of nitrogens with one attached hydrogen (secondary N) is 2. The first-order valence-electron chi connectivity index (χ1n) is 10.1. The van der Waals surface area contributed by atoms with Crippen molar-refractivity contribution in [2.24, 2.45) is 0 Å². The van der Waals surface area contributed by atoms with Crippen LogP contribution in [0.3, 0.4) is 0 Å². The lowest BCUT2D eigenvalue weighted by atomic mass is 9.89. The maximum atomic E-state index is 12.4. The monoisotopic (exact) mass is 389 g/mol. The number of amides is 1. The highest BCUT2D eigenvalue weighted by Gasteiger charge is 2.13. The van der Waals surface area contributed by atoms with Crippen LogP contribution >= 0.6 is 0 Å². The number of ether oxygens (including phenoxy) is 1. The highest BCUT2D eigenvalue weighted by Crippen LogP contribution is 2.25. The highest BCUT2D eigenvalue weighted by atomic mass is 16.5. The van der Waals surface area contributed by atoms with Crippen LogP contribution in [-0.2, 0) is 17.6 Å². The molecule has 0 saturated carbocycles. The van der Waals surface area contributed by atoms with Crippen molar-refractivity contribution >= 4 is 11.6 Å². The van der Waals surface area contributed by atoms with Crippen LogP contribution in [0.1, 0.15) is 49.4 Å². The minimum atomic E-state index is -0.443. The molecule has 2 aromatic carbocycles. The predicted octanol–water partition coefficient (Wildman–Crippen LogP) is 4.66. The number of hydrogen-bond donors (Lipinski definition) is 2. The van der Waals surface area contributed by atoms with Crippen molar-refractivity contribution in [3.05, 3.63) is 70.9 Å². The minimum absolute atomic E-state index is 0.00357. The van der Waals surface area contributed by atoms with Crippen LogP contribution in [-0.4, -0.2) is 12.5 Å². The summed E-state index contributed by atoms with van der Waals surface area (Å²) in [5, 5.41) is 15.3. The van der Waals surface area contributed by atoms with E-state index in [-0.39, 0.29) is 11.6 Å². The average molecular weight is 389 g/mol. The Morgan fingerprint density at radius 1 is 1.17 bits per heavy atom. The summed E-state index contributed by atoms with van der Waals surface area (Å²) in [6.07, 6.45) is 6.27. The molecule has 1 aliphatic rings. The lowest BCUT2D eigenvalue weighted by Gasteiger charge is -2.19. The van der Waals surface area contributed by atoms with Gasteiger partial charge in [-0.3, -0.25) is 4.79 Å². The molecule has 1 atom stereocenters. The van der Waals surface area contributed by atoms with Crippen LogP contribution < -0.4 is 15.4 Å². The molecule has 2 N–H and O–H groups in total. The van der Waals surface area contributed by atoms with Gasteiger partial charge in [-0.05, 0) is 80.5 Å². The van der Waals surface area contributed by atoms with Gasteiger partial charge in [0, 0.05) is 17.9 Å². The molecule has 0 aliphatic heterocycles. The van der Waals surface area contributed by atoms with Gasteiger partial charge in [0.25, 0.3) is 5.91 Å². The van der Waals surface area contributed by atoms with Gasteiger partial charge in [0.1, 0.15) is 17.4 Å². The van der Waals surface area contributed by atoms with Crippen molar-refractivity contribution in [2.75, 3.05) is 11.9 Å². The Kier molecular flexibility index (Phi) is 6.91. The smallest absolute Gasteiger partial charge is 0.267 e. The quantitative estimate of drug-likeness (QED) is 0.533.